The summed E-state index contributed by atoms with van der Waals surface area (Å²) in [5, 5.41) is 3.38. The number of hydrogen-bond donors (Lipinski definition) is 1. The molecule has 0 bridgehead atoms. The second kappa shape index (κ2) is 4.45. The van der Waals surface area contributed by atoms with Crippen molar-refractivity contribution >= 4 is 5.91 Å². The molecule has 0 aliphatic carbocycles. The Morgan fingerprint density at radius 3 is 3.08 bits per heavy atom. The molecule has 0 aromatic heterocycles. The normalized spacial score (nSPS) is 25.7. The van der Waals surface area contributed by atoms with Gasteiger partial charge >= 0.3 is 0 Å². The largest absolute Gasteiger partial charge is 0.344 e. The van der Waals surface area contributed by atoms with Crippen LogP contribution in [-0.2, 0) is 4.79 Å². The Kier molecular flexibility index (Phi) is 3.53. The van der Waals surface area contributed by atoms with Crippen molar-refractivity contribution in [1.29, 1.82) is 0 Å². The standard InChI is InChI=1S/C9H18N2O/c1-3-4-8-7-9(12)11(2)6-5-10-8/h8,10H,3-7H2,1-2H3. The Morgan fingerprint density at radius 2 is 2.42 bits per heavy atom. The van der Waals surface area contributed by atoms with Gasteiger partial charge in [0.25, 0.3) is 0 Å². The van der Waals surface area contributed by atoms with Crippen LogP contribution in [0.25, 0.3) is 0 Å². The van der Waals surface area contributed by atoms with Gasteiger partial charge in [-0.15, -0.1) is 0 Å². The molecule has 1 fully saturated rings. The van der Waals surface area contributed by atoms with E-state index >= 15 is 0 Å². The highest BCUT2D eigenvalue weighted by Gasteiger charge is 2.19. The Hall–Kier alpha value is -0.570. The van der Waals surface area contributed by atoms with E-state index in [0.717, 1.165) is 25.9 Å². The molecule has 12 heavy (non-hydrogen) atoms. The van der Waals surface area contributed by atoms with Crippen LogP contribution in [0.4, 0.5) is 0 Å². The lowest BCUT2D eigenvalue weighted by molar-refractivity contribution is -0.129. The smallest absolute Gasteiger partial charge is 0.223 e. The van der Waals surface area contributed by atoms with Crippen molar-refractivity contribution in [3.8, 4) is 0 Å². The molecule has 70 valence electrons. The zero-order valence-electron chi connectivity index (χ0n) is 7.97. The van der Waals surface area contributed by atoms with Gasteiger partial charge in [0, 0.05) is 32.6 Å². The van der Waals surface area contributed by atoms with Crippen LogP contribution in [0.2, 0.25) is 0 Å². The third-order valence-electron chi connectivity index (χ3n) is 2.36. The molecular formula is C9H18N2O. The summed E-state index contributed by atoms with van der Waals surface area (Å²) in [7, 11) is 1.87. The van der Waals surface area contributed by atoms with Gasteiger partial charge in [0.05, 0.1) is 0 Å². The number of rotatable bonds is 2. The molecule has 1 amide bonds. The maximum absolute atomic E-state index is 11.4. The second-order valence-electron chi connectivity index (χ2n) is 3.46. The van der Waals surface area contributed by atoms with Gasteiger partial charge in [-0.05, 0) is 6.42 Å². The van der Waals surface area contributed by atoms with Gasteiger partial charge in [-0.3, -0.25) is 4.79 Å². The van der Waals surface area contributed by atoms with Crippen LogP contribution in [0.15, 0.2) is 0 Å². The molecule has 1 aliphatic rings. The average Bonchev–Trinajstić information content (AvgIpc) is 2.16. The highest BCUT2D eigenvalue weighted by atomic mass is 16.2. The highest BCUT2D eigenvalue weighted by molar-refractivity contribution is 5.76. The molecule has 1 atom stereocenters. The molecule has 1 heterocycles. The summed E-state index contributed by atoms with van der Waals surface area (Å²) in [6.07, 6.45) is 2.93. The maximum Gasteiger partial charge on any atom is 0.223 e. The van der Waals surface area contributed by atoms with Gasteiger partial charge in [0.1, 0.15) is 0 Å². The SMILES string of the molecule is CCCC1CC(=O)N(C)CCN1. The van der Waals surface area contributed by atoms with Crippen LogP contribution in [0.3, 0.4) is 0 Å². The van der Waals surface area contributed by atoms with Gasteiger partial charge in [0.15, 0.2) is 0 Å². The van der Waals surface area contributed by atoms with E-state index in [2.05, 4.69) is 12.2 Å². The third-order valence-corrected chi connectivity index (χ3v) is 2.36. The second-order valence-corrected chi connectivity index (χ2v) is 3.46. The van der Waals surface area contributed by atoms with Crippen molar-refractivity contribution in [2.45, 2.75) is 32.2 Å². The monoisotopic (exact) mass is 170 g/mol. The molecule has 1 unspecified atom stereocenters. The quantitative estimate of drug-likeness (QED) is 0.658. The van der Waals surface area contributed by atoms with E-state index in [-0.39, 0.29) is 5.91 Å². The van der Waals surface area contributed by atoms with E-state index in [0.29, 0.717) is 12.5 Å². The van der Waals surface area contributed by atoms with Crippen LogP contribution < -0.4 is 5.32 Å². The Bertz CT molecular complexity index is 159. The van der Waals surface area contributed by atoms with E-state index < -0.39 is 0 Å². The summed E-state index contributed by atoms with van der Waals surface area (Å²) in [4.78, 5) is 13.2. The fraction of sp³-hybridized carbons (Fsp3) is 0.889. The lowest BCUT2D eigenvalue weighted by Crippen LogP contribution is -2.29. The summed E-state index contributed by atoms with van der Waals surface area (Å²) in [6.45, 7) is 3.94. The first-order valence-electron chi connectivity index (χ1n) is 4.71. The number of hydrogen-bond acceptors (Lipinski definition) is 2. The minimum atomic E-state index is 0.276. The molecular weight excluding hydrogens is 152 g/mol. The lowest BCUT2D eigenvalue weighted by Gasteiger charge is -2.13. The van der Waals surface area contributed by atoms with Crippen LogP contribution >= 0.6 is 0 Å². The number of carbonyl (C=O) groups is 1. The van der Waals surface area contributed by atoms with Crippen molar-refractivity contribution in [2.75, 3.05) is 20.1 Å². The van der Waals surface area contributed by atoms with Crippen molar-refractivity contribution in [3.05, 3.63) is 0 Å². The first kappa shape index (κ1) is 9.52. The van der Waals surface area contributed by atoms with Crippen molar-refractivity contribution in [1.82, 2.24) is 10.2 Å². The van der Waals surface area contributed by atoms with Crippen LogP contribution in [-0.4, -0.2) is 37.0 Å². The maximum atomic E-state index is 11.4. The predicted molar refractivity (Wildman–Crippen MR) is 49.0 cm³/mol. The van der Waals surface area contributed by atoms with Crippen LogP contribution in [0.5, 0.6) is 0 Å². The third kappa shape index (κ3) is 2.48. The van der Waals surface area contributed by atoms with Gasteiger partial charge in [-0.1, -0.05) is 13.3 Å². The van der Waals surface area contributed by atoms with E-state index in [1.54, 1.807) is 0 Å². The molecule has 1 rings (SSSR count). The number of amides is 1. The van der Waals surface area contributed by atoms with E-state index in [1.807, 2.05) is 11.9 Å². The van der Waals surface area contributed by atoms with Crippen LogP contribution in [0.1, 0.15) is 26.2 Å². The van der Waals surface area contributed by atoms with Crippen molar-refractivity contribution < 1.29 is 4.79 Å². The number of carbonyl (C=O) groups excluding carboxylic acids is 1. The van der Waals surface area contributed by atoms with Gasteiger partial charge in [-0.25, -0.2) is 0 Å². The summed E-state index contributed by atoms with van der Waals surface area (Å²) in [6, 6.07) is 0.410. The molecule has 3 nitrogen and oxygen atoms in total. The summed E-state index contributed by atoms with van der Waals surface area (Å²) in [5.74, 6) is 0.276. The van der Waals surface area contributed by atoms with Gasteiger partial charge in [0.2, 0.25) is 5.91 Å². The number of likely N-dealkylation sites (N-methyl/N-ethyl adjacent to an activating group) is 1. The molecule has 0 saturated carbocycles. The fourth-order valence-corrected chi connectivity index (χ4v) is 1.55. The molecule has 0 radical (unpaired) electrons. The molecule has 1 N–H and O–H groups in total. The molecule has 0 spiro atoms. The zero-order chi connectivity index (χ0) is 8.97. The minimum absolute atomic E-state index is 0.276. The van der Waals surface area contributed by atoms with Crippen molar-refractivity contribution in [2.24, 2.45) is 0 Å². The topological polar surface area (TPSA) is 32.3 Å². The predicted octanol–water partition coefficient (Wildman–Crippen LogP) is 0.607. The van der Waals surface area contributed by atoms with Gasteiger partial charge in [-0.2, -0.15) is 0 Å². The molecule has 3 heteroatoms. The minimum Gasteiger partial charge on any atom is -0.344 e. The Morgan fingerprint density at radius 1 is 1.67 bits per heavy atom. The van der Waals surface area contributed by atoms with E-state index in [1.165, 1.54) is 0 Å². The molecule has 1 saturated heterocycles. The average molecular weight is 170 g/mol. The molecule has 0 aromatic rings. The molecule has 1 aliphatic heterocycles. The summed E-state index contributed by atoms with van der Waals surface area (Å²) in [5.41, 5.74) is 0. The summed E-state index contributed by atoms with van der Waals surface area (Å²) >= 11 is 0. The van der Waals surface area contributed by atoms with E-state index in [4.69, 9.17) is 0 Å². The number of nitrogens with one attached hydrogen (secondary N) is 1. The first-order chi connectivity index (χ1) is 5.74. The van der Waals surface area contributed by atoms with Gasteiger partial charge < -0.3 is 10.2 Å². The van der Waals surface area contributed by atoms with Crippen LogP contribution in [0, 0.1) is 0 Å². The van der Waals surface area contributed by atoms with E-state index in [9.17, 15) is 4.79 Å². The Balaban J connectivity index is 2.42. The highest BCUT2D eigenvalue weighted by Crippen LogP contribution is 2.06. The summed E-state index contributed by atoms with van der Waals surface area (Å²) < 4.78 is 0. The molecule has 0 aromatic carbocycles. The number of nitrogens with zero attached hydrogens (tertiary/aromatic N) is 1. The van der Waals surface area contributed by atoms with Crippen molar-refractivity contribution in [3.63, 3.8) is 0 Å². The first-order valence-corrected chi connectivity index (χ1v) is 4.71. The Labute approximate surface area is 74.1 Å². The fourth-order valence-electron chi connectivity index (χ4n) is 1.55. The lowest BCUT2D eigenvalue weighted by atomic mass is 10.1. The zero-order valence-corrected chi connectivity index (χ0v) is 7.97.